The van der Waals surface area contributed by atoms with Crippen LogP contribution in [0.15, 0.2) is 35.0 Å². The standard InChI is InChI=1S/C19H25F2N5O6/c1-8(28)25-15-12(26-19(22)23)5-14(32-17(15)16(30)13(29)7-27)18(31)24-6-9-2-10(20)4-11(21)3-9/h2-5,12-13,15-17,27,29-30H,6-7H2,1H3,(H,24,31)(H,25,28)(H4,22,23,26)/t12-,13+,15+,16+,17+/m0/s1. The van der Waals surface area contributed by atoms with Crippen molar-refractivity contribution >= 4 is 17.8 Å². The average molecular weight is 457 g/mol. The molecule has 2 rings (SSSR count). The minimum absolute atomic E-state index is 0.136. The molecule has 0 fully saturated rings. The molecule has 2 amide bonds. The van der Waals surface area contributed by atoms with E-state index in [9.17, 15) is 28.6 Å². The molecule has 0 saturated heterocycles. The number of aliphatic imine (C=N–C) groups is 1. The number of ether oxygens (including phenoxy) is 1. The van der Waals surface area contributed by atoms with Crippen LogP contribution in [-0.2, 0) is 20.9 Å². The first-order valence-electron chi connectivity index (χ1n) is 9.46. The Labute approximate surface area is 181 Å². The fraction of sp³-hybridized carbons (Fsp3) is 0.421. The van der Waals surface area contributed by atoms with Gasteiger partial charge in [0, 0.05) is 19.5 Å². The van der Waals surface area contributed by atoms with Crippen LogP contribution in [0, 0.1) is 11.6 Å². The molecular formula is C19H25F2N5O6. The summed E-state index contributed by atoms with van der Waals surface area (Å²) in [5.41, 5.74) is 11.0. The Hall–Kier alpha value is -3.29. The summed E-state index contributed by atoms with van der Waals surface area (Å²) in [6, 6.07) is 0.533. The van der Waals surface area contributed by atoms with E-state index in [1.54, 1.807) is 0 Å². The molecule has 0 aliphatic carbocycles. The second kappa shape index (κ2) is 10.8. The van der Waals surface area contributed by atoms with E-state index in [1.807, 2.05) is 0 Å². The highest BCUT2D eigenvalue weighted by Gasteiger charge is 2.43. The lowest BCUT2D eigenvalue weighted by atomic mass is 9.92. The van der Waals surface area contributed by atoms with Crippen LogP contribution in [0.1, 0.15) is 12.5 Å². The van der Waals surface area contributed by atoms with E-state index >= 15 is 0 Å². The van der Waals surface area contributed by atoms with Crippen molar-refractivity contribution < 1.29 is 38.4 Å². The molecule has 176 valence electrons. The van der Waals surface area contributed by atoms with Crippen molar-refractivity contribution in [1.29, 1.82) is 0 Å². The zero-order valence-corrected chi connectivity index (χ0v) is 17.0. The van der Waals surface area contributed by atoms with Crippen LogP contribution in [0.5, 0.6) is 0 Å². The summed E-state index contributed by atoms with van der Waals surface area (Å²) in [5.74, 6) is -3.81. The van der Waals surface area contributed by atoms with Crippen molar-refractivity contribution in [3.05, 3.63) is 47.2 Å². The molecule has 1 heterocycles. The third kappa shape index (κ3) is 6.60. The number of carbonyl (C=O) groups is 2. The number of nitrogens with zero attached hydrogens (tertiary/aromatic N) is 1. The number of nitrogens with one attached hydrogen (secondary N) is 2. The van der Waals surface area contributed by atoms with Crippen molar-refractivity contribution in [2.24, 2.45) is 16.5 Å². The van der Waals surface area contributed by atoms with Crippen LogP contribution in [0.3, 0.4) is 0 Å². The zero-order valence-electron chi connectivity index (χ0n) is 17.0. The predicted octanol–water partition coefficient (Wildman–Crippen LogP) is -2.28. The van der Waals surface area contributed by atoms with Crippen molar-refractivity contribution in [3.8, 4) is 0 Å². The van der Waals surface area contributed by atoms with E-state index < -0.39 is 66.4 Å². The Morgan fingerprint density at radius 2 is 1.84 bits per heavy atom. The van der Waals surface area contributed by atoms with Gasteiger partial charge in [0.25, 0.3) is 5.91 Å². The Morgan fingerprint density at radius 3 is 2.38 bits per heavy atom. The number of hydrogen-bond acceptors (Lipinski definition) is 7. The number of benzene rings is 1. The van der Waals surface area contributed by atoms with Gasteiger partial charge >= 0.3 is 0 Å². The van der Waals surface area contributed by atoms with Gasteiger partial charge in [-0.15, -0.1) is 0 Å². The third-order valence-corrected chi connectivity index (χ3v) is 4.49. The van der Waals surface area contributed by atoms with Gasteiger partial charge < -0.3 is 42.2 Å². The predicted molar refractivity (Wildman–Crippen MR) is 107 cm³/mol. The zero-order chi connectivity index (χ0) is 24.0. The molecule has 13 heteroatoms. The summed E-state index contributed by atoms with van der Waals surface area (Å²) in [4.78, 5) is 28.2. The highest BCUT2D eigenvalue weighted by molar-refractivity contribution is 5.92. The smallest absolute Gasteiger partial charge is 0.286 e. The molecule has 0 radical (unpaired) electrons. The first-order valence-corrected chi connectivity index (χ1v) is 9.46. The van der Waals surface area contributed by atoms with Gasteiger partial charge in [-0.2, -0.15) is 0 Å². The van der Waals surface area contributed by atoms with E-state index in [0.29, 0.717) is 6.07 Å². The second-order valence-electron chi connectivity index (χ2n) is 7.09. The SMILES string of the molecule is CC(=O)N[C@H]1[C@H]([C@H](O)[C@H](O)CO)OC(C(=O)NCc2cc(F)cc(F)c2)=C[C@@H]1N=C(N)N. The molecule has 1 aromatic carbocycles. The second-order valence-corrected chi connectivity index (χ2v) is 7.09. The number of nitrogens with two attached hydrogens (primary N) is 2. The Bertz CT molecular complexity index is 888. The fourth-order valence-electron chi connectivity index (χ4n) is 3.12. The van der Waals surface area contributed by atoms with E-state index in [-0.39, 0.29) is 17.9 Å². The van der Waals surface area contributed by atoms with Gasteiger partial charge in [-0.05, 0) is 23.8 Å². The molecule has 0 spiro atoms. The Morgan fingerprint density at radius 1 is 1.22 bits per heavy atom. The summed E-state index contributed by atoms with van der Waals surface area (Å²) >= 11 is 0. The normalized spacial score (nSPS) is 22.1. The summed E-state index contributed by atoms with van der Waals surface area (Å²) < 4.78 is 32.2. The molecule has 9 N–H and O–H groups in total. The Kier molecular flexibility index (Phi) is 8.46. The molecule has 5 atom stereocenters. The largest absolute Gasteiger partial charge is 0.480 e. The lowest BCUT2D eigenvalue weighted by Gasteiger charge is -2.39. The van der Waals surface area contributed by atoms with E-state index in [2.05, 4.69) is 15.6 Å². The van der Waals surface area contributed by atoms with Crippen LogP contribution in [0.25, 0.3) is 0 Å². The van der Waals surface area contributed by atoms with Crippen LogP contribution in [0.4, 0.5) is 8.78 Å². The molecule has 32 heavy (non-hydrogen) atoms. The van der Waals surface area contributed by atoms with Crippen molar-refractivity contribution in [1.82, 2.24) is 10.6 Å². The average Bonchev–Trinajstić information content (AvgIpc) is 2.70. The van der Waals surface area contributed by atoms with Crippen LogP contribution >= 0.6 is 0 Å². The molecule has 1 aliphatic rings. The maximum Gasteiger partial charge on any atom is 0.286 e. The monoisotopic (exact) mass is 457 g/mol. The number of hydrogen-bond donors (Lipinski definition) is 7. The van der Waals surface area contributed by atoms with Crippen LogP contribution in [-0.4, -0.2) is 70.1 Å². The van der Waals surface area contributed by atoms with E-state index in [0.717, 1.165) is 12.1 Å². The maximum absolute atomic E-state index is 13.3. The quantitative estimate of drug-likeness (QED) is 0.168. The molecule has 0 aromatic heterocycles. The first-order chi connectivity index (χ1) is 15.0. The molecule has 0 saturated carbocycles. The molecule has 1 aromatic rings. The lowest BCUT2D eigenvalue weighted by molar-refractivity contribution is -0.134. The third-order valence-electron chi connectivity index (χ3n) is 4.49. The van der Waals surface area contributed by atoms with Crippen molar-refractivity contribution in [2.45, 2.75) is 43.9 Å². The molecule has 0 unspecified atom stereocenters. The molecule has 11 nitrogen and oxygen atoms in total. The molecule has 1 aliphatic heterocycles. The van der Waals surface area contributed by atoms with Crippen molar-refractivity contribution in [2.75, 3.05) is 6.61 Å². The minimum Gasteiger partial charge on any atom is -0.480 e. The summed E-state index contributed by atoms with van der Waals surface area (Å²) in [5, 5.41) is 34.3. The van der Waals surface area contributed by atoms with Crippen molar-refractivity contribution in [3.63, 3.8) is 0 Å². The number of amides is 2. The number of halogens is 2. The molecule has 0 bridgehead atoms. The number of carbonyl (C=O) groups excluding carboxylic acids is 2. The minimum atomic E-state index is -1.75. The number of guanidine groups is 1. The summed E-state index contributed by atoms with van der Waals surface area (Å²) in [6.07, 6.45) is -3.68. The molecular weight excluding hydrogens is 432 g/mol. The summed E-state index contributed by atoms with van der Waals surface area (Å²) in [7, 11) is 0. The van der Waals surface area contributed by atoms with Gasteiger partial charge in [-0.1, -0.05) is 0 Å². The van der Waals surface area contributed by atoms with Crippen LogP contribution < -0.4 is 22.1 Å². The van der Waals surface area contributed by atoms with Gasteiger partial charge in [0.05, 0.1) is 18.7 Å². The maximum atomic E-state index is 13.3. The highest BCUT2D eigenvalue weighted by atomic mass is 19.1. The van der Waals surface area contributed by atoms with Crippen LogP contribution in [0.2, 0.25) is 0 Å². The number of aliphatic hydroxyl groups is 3. The van der Waals surface area contributed by atoms with Gasteiger partial charge in [0.1, 0.15) is 29.9 Å². The lowest BCUT2D eigenvalue weighted by Crippen LogP contribution is -2.60. The van der Waals surface area contributed by atoms with Gasteiger partial charge in [0.15, 0.2) is 11.7 Å². The topological polar surface area (TPSA) is 193 Å². The summed E-state index contributed by atoms with van der Waals surface area (Å²) in [6.45, 7) is 0.0858. The van der Waals surface area contributed by atoms with Gasteiger partial charge in [0.2, 0.25) is 5.91 Å². The van der Waals surface area contributed by atoms with Gasteiger partial charge in [-0.25, -0.2) is 13.8 Å². The Balaban J connectivity index is 2.32. The number of aliphatic hydroxyl groups excluding tert-OH is 3. The first kappa shape index (κ1) is 25.0. The van der Waals surface area contributed by atoms with Gasteiger partial charge in [-0.3, -0.25) is 9.59 Å². The number of rotatable bonds is 8. The fourth-order valence-corrected chi connectivity index (χ4v) is 3.12. The van der Waals surface area contributed by atoms with E-state index in [1.165, 1.54) is 13.0 Å². The van der Waals surface area contributed by atoms with E-state index in [4.69, 9.17) is 21.3 Å². The highest BCUT2D eigenvalue weighted by Crippen LogP contribution is 2.25.